The molecule has 0 saturated carbocycles. The molecule has 1 aliphatic heterocycles. The van der Waals surface area contributed by atoms with Gasteiger partial charge in [0.05, 0.1) is 25.1 Å². The Morgan fingerprint density at radius 2 is 1.96 bits per heavy atom. The van der Waals surface area contributed by atoms with Crippen LogP contribution in [0.1, 0.15) is 24.8 Å². The summed E-state index contributed by atoms with van der Waals surface area (Å²) in [7, 11) is 1.51. The first-order chi connectivity index (χ1) is 13.1. The Morgan fingerprint density at radius 3 is 2.70 bits per heavy atom. The molecule has 0 aromatic heterocycles. The summed E-state index contributed by atoms with van der Waals surface area (Å²) in [5.74, 6) is 0.0558. The van der Waals surface area contributed by atoms with E-state index >= 15 is 0 Å². The summed E-state index contributed by atoms with van der Waals surface area (Å²) in [4.78, 5) is 24.5. The highest BCUT2D eigenvalue weighted by molar-refractivity contribution is 6.31. The maximum atomic E-state index is 12.3. The SMILES string of the molecule is COc1ccc(Cl)cc1NC(=O)CCC(=O)N1CCC(c2ccccc2)=N1. The van der Waals surface area contributed by atoms with Gasteiger partial charge in [-0.1, -0.05) is 41.9 Å². The van der Waals surface area contributed by atoms with E-state index in [-0.39, 0.29) is 24.7 Å². The molecule has 0 bridgehead atoms. The maximum Gasteiger partial charge on any atom is 0.243 e. The summed E-state index contributed by atoms with van der Waals surface area (Å²) in [6.07, 6.45) is 0.850. The molecule has 140 valence electrons. The van der Waals surface area contributed by atoms with Gasteiger partial charge in [0.15, 0.2) is 0 Å². The maximum absolute atomic E-state index is 12.3. The van der Waals surface area contributed by atoms with Crippen molar-refractivity contribution in [2.45, 2.75) is 19.3 Å². The van der Waals surface area contributed by atoms with E-state index < -0.39 is 0 Å². The zero-order chi connectivity index (χ0) is 19.2. The molecule has 0 fully saturated rings. The van der Waals surface area contributed by atoms with Crippen molar-refractivity contribution in [3.05, 3.63) is 59.1 Å². The molecule has 1 heterocycles. The minimum Gasteiger partial charge on any atom is -0.495 e. The number of ether oxygens (including phenoxy) is 1. The first-order valence-corrected chi connectivity index (χ1v) is 9.01. The second-order valence-corrected chi connectivity index (χ2v) is 6.51. The average molecular weight is 386 g/mol. The molecule has 2 aromatic carbocycles. The van der Waals surface area contributed by atoms with Gasteiger partial charge in [-0.25, -0.2) is 5.01 Å². The lowest BCUT2D eigenvalue weighted by Gasteiger charge is -2.12. The third kappa shape index (κ3) is 4.86. The van der Waals surface area contributed by atoms with Crippen LogP contribution in [-0.4, -0.2) is 36.2 Å². The molecule has 0 radical (unpaired) electrons. The highest BCUT2D eigenvalue weighted by Crippen LogP contribution is 2.27. The lowest BCUT2D eigenvalue weighted by atomic mass is 10.1. The number of methoxy groups -OCH3 is 1. The van der Waals surface area contributed by atoms with Crippen molar-refractivity contribution in [1.29, 1.82) is 0 Å². The van der Waals surface area contributed by atoms with Crippen molar-refractivity contribution in [3.8, 4) is 5.75 Å². The quantitative estimate of drug-likeness (QED) is 0.824. The van der Waals surface area contributed by atoms with Crippen molar-refractivity contribution in [2.24, 2.45) is 5.10 Å². The van der Waals surface area contributed by atoms with Gasteiger partial charge in [0, 0.05) is 24.3 Å². The summed E-state index contributed by atoms with van der Waals surface area (Å²) >= 11 is 5.95. The van der Waals surface area contributed by atoms with Crippen LogP contribution in [0.5, 0.6) is 5.75 Å². The van der Waals surface area contributed by atoms with E-state index in [1.807, 2.05) is 30.3 Å². The Kier molecular flexibility index (Phi) is 6.08. The van der Waals surface area contributed by atoms with Crippen LogP contribution in [0.15, 0.2) is 53.6 Å². The zero-order valence-electron chi connectivity index (χ0n) is 14.9. The predicted molar refractivity (Wildman–Crippen MR) is 105 cm³/mol. The Balaban J connectivity index is 1.54. The number of carbonyl (C=O) groups excluding carboxylic acids is 2. The molecule has 3 rings (SSSR count). The molecule has 0 saturated heterocycles. The summed E-state index contributed by atoms with van der Waals surface area (Å²) in [5.41, 5.74) is 2.38. The van der Waals surface area contributed by atoms with Crippen molar-refractivity contribution in [3.63, 3.8) is 0 Å². The lowest BCUT2D eigenvalue weighted by Crippen LogP contribution is -2.25. The molecule has 7 heteroatoms. The Hall–Kier alpha value is -2.86. The van der Waals surface area contributed by atoms with Gasteiger partial charge in [0.25, 0.3) is 0 Å². The molecule has 27 heavy (non-hydrogen) atoms. The largest absolute Gasteiger partial charge is 0.495 e. The molecule has 6 nitrogen and oxygen atoms in total. The summed E-state index contributed by atoms with van der Waals surface area (Å²) in [5, 5.41) is 9.05. The molecular weight excluding hydrogens is 366 g/mol. The van der Waals surface area contributed by atoms with Gasteiger partial charge in [0.2, 0.25) is 11.8 Å². The molecule has 1 aliphatic rings. The number of anilines is 1. The Morgan fingerprint density at radius 1 is 1.19 bits per heavy atom. The molecule has 0 atom stereocenters. The highest BCUT2D eigenvalue weighted by atomic mass is 35.5. The van der Waals surface area contributed by atoms with E-state index in [1.54, 1.807) is 18.2 Å². The number of hydrogen-bond donors (Lipinski definition) is 1. The van der Waals surface area contributed by atoms with E-state index in [0.717, 1.165) is 11.3 Å². The van der Waals surface area contributed by atoms with Gasteiger partial charge < -0.3 is 10.1 Å². The fraction of sp³-hybridized carbons (Fsp3) is 0.250. The van der Waals surface area contributed by atoms with Gasteiger partial charge in [-0.2, -0.15) is 5.10 Å². The van der Waals surface area contributed by atoms with Crippen LogP contribution < -0.4 is 10.1 Å². The topological polar surface area (TPSA) is 71.0 Å². The smallest absolute Gasteiger partial charge is 0.243 e. The van der Waals surface area contributed by atoms with Crippen LogP contribution in [0.3, 0.4) is 0 Å². The van der Waals surface area contributed by atoms with Crippen LogP contribution in [-0.2, 0) is 9.59 Å². The summed E-state index contributed by atoms with van der Waals surface area (Å²) in [6, 6.07) is 14.7. The third-order valence-corrected chi connectivity index (χ3v) is 4.43. The van der Waals surface area contributed by atoms with Crippen LogP contribution >= 0.6 is 11.6 Å². The Bertz CT molecular complexity index is 868. The van der Waals surface area contributed by atoms with Crippen LogP contribution in [0.25, 0.3) is 0 Å². The fourth-order valence-corrected chi connectivity index (χ4v) is 2.98. The number of nitrogens with zero attached hydrogens (tertiary/aromatic N) is 2. The molecule has 0 aliphatic carbocycles. The number of rotatable bonds is 6. The number of halogens is 1. The van der Waals surface area contributed by atoms with Gasteiger partial charge in [-0.05, 0) is 23.8 Å². The lowest BCUT2D eigenvalue weighted by molar-refractivity contribution is -0.132. The third-order valence-electron chi connectivity index (χ3n) is 4.20. The first kappa shape index (κ1) is 18.9. The normalized spacial score (nSPS) is 13.3. The van der Waals surface area contributed by atoms with E-state index in [1.165, 1.54) is 12.1 Å². The molecular formula is C20H20ClN3O3. The molecule has 1 N–H and O–H groups in total. The standard InChI is InChI=1S/C20H20ClN3O3/c1-27-18-8-7-15(21)13-17(18)22-19(25)9-10-20(26)24-12-11-16(23-24)14-5-3-2-4-6-14/h2-8,13H,9-12H2,1H3,(H,22,25). The van der Waals surface area contributed by atoms with E-state index in [9.17, 15) is 9.59 Å². The molecule has 2 aromatic rings. The Labute approximate surface area is 162 Å². The number of nitrogens with one attached hydrogen (secondary N) is 1. The van der Waals surface area contributed by atoms with Crippen LogP contribution in [0.4, 0.5) is 5.69 Å². The fourth-order valence-electron chi connectivity index (χ4n) is 2.81. The second kappa shape index (κ2) is 8.68. The number of carbonyl (C=O) groups is 2. The second-order valence-electron chi connectivity index (χ2n) is 6.07. The van der Waals surface area contributed by atoms with Crippen molar-refractivity contribution >= 4 is 34.8 Å². The average Bonchev–Trinajstić information content (AvgIpc) is 3.17. The predicted octanol–water partition coefficient (Wildman–Crippen LogP) is 3.70. The van der Waals surface area contributed by atoms with E-state index in [0.29, 0.717) is 29.4 Å². The summed E-state index contributed by atoms with van der Waals surface area (Å²) < 4.78 is 5.20. The van der Waals surface area contributed by atoms with Gasteiger partial charge >= 0.3 is 0 Å². The number of hydrogen-bond acceptors (Lipinski definition) is 4. The highest BCUT2D eigenvalue weighted by Gasteiger charge is 2.22. The monoisotopic (exact) mass is 385 g/mol. The number of benzene rings is 2. The minimum atomic E-state index is -0.282. The molecule has 0 unspecified atom stereocenters. The zero-order valence-corrected chi connectivity index (χ0v) is 15.7. The van der Waals surface area contributed by atoms with Crippen molar-refractivity contribution in [2.75, 3.05) is 19.0 Å². The molecule has 2 amide bonds. The summed E-state index contributed by atoms with van der Waals surface area (Å²) in [6.45, 7) is 0.535. The first-order valence-electron chi connectivity index (χ1n) is 8.63. The minimum absolute atomic E-state index is 0.0567. The number of amides is 2. The van der Waals surface area contributed by atoms with Gasteiger partial charge in [-0.3, -0.25) is 9.59 Å². The van der Waals surface area contributed by atoms with Gasteiger partial charge in [0.1, 0.15) is 5.75 Å². The number of hydrazone groups is 1. The molecule has 0 spiro atoms. The van der Waals surface area contributed by atoms with Crippen LogP contribution in [0.2, 0.25) is 5.02 Å². The van der Waals surface area contributed by atoms with E-state index in [4.69, 9.17) is 16.3 Å². The van der Waals surface area contributed by atoms with Crippen molar-refractivity contribution < 1.29 is 14.3 Å². The van der Waals surface area contributed by atoms with Crippen molar-refractivity contribution in [1.82, 2.24) is 5.01 Å². The van der Waals surface area contributed by atoms with Crippen LogP contribution in [0, 0.1) is 0 Å². The van der Waals surface area contributed by atoms with Gasteiger partial charge in [-0.15, -0.1) is 0 Å². The van der Waals surface area contributed by atoms with E-state index in [2.05, 4.69) is 10.4 Å².